The lowest BCUT2D eigenvalue weighted by molar-refractivity contribution is 0.0735. The number of pyridine rings is 1. The van der Waals surface area contributed by atoms with E-state index in [9.17, 15) is 19.5 Å². The Kier molecular flexibility index (Phi) is 6.81. The first-order valence-corrected chi connectivity index (χ1v) is 13.0. The molecule has 3 N–H and O–H groups in total. The standard InChI is InChI=1S/C26H26N6O5S/c1-15-14-38-22(27-15)19-9-6-10-32(19)23(34)17-11-18(28-20(33)12-17)21-30-31-24(37-21)26(2,29-25(35)36)13-16-7-4-3-5-8-16/h3-5,7-8,11-12,14,19,29H,6,9-10,13H2,1-2H3,(H,28,33)(H,35,36)/t19-,26-/m1/s1. The van der Waals surface area contributed by atoms with Gasteiger partial charge in [-0.25, -0.2) is 9.78 Å². The topological polar surface area (TPSA) is 154 Å². The van der Waals surface area contributed by atoms with Crippen molar-refractivity contribution in [2.75, 3.05) is 6.54 Å². The fourth-order valence-electron chi connectivity index (χ4n) is 4.71. The smallest absolute Gasteiger partial charge is 0.405 e. The number of nitrogens with zero attached hydrogens (tertiary/aromatic N) is 4. The van der Waals surface area contributed by atoms with Crippen LogP contribution in [0.2, 0.25) is 0 Å². The molecule has 1 saturated heterocycles. The van der Waals surface area contributed by atoms with E-state index in [1.165, 1.54) is 23.5 Å². The number of aromatic nitrogens is 4. The molecule has 4 heterocycles. The van der Waals surface area contributed by atoms with Gasteiger partial charge in [0.2, 0.25) is 11.4 Å². The van der Waals surface area contributed by atoms with E-state index >= 15 is 0 Å². The van der Waals surface area contributed by atoms with Gasteiger partial charge in [0.1, 0.15) is 16.2 Å². The summed E-state index contributed by atoms with van der Waals surface area (Å²) in [5.74, 6) is -0.296. The Hall–Kier alpha value is -4.32. The van der Waals surface area contributed by atoms with Gasteiger partial charge >= 0.3 is 6.09 Å². The van der Waals surface area contributed by atoms with Crippen LogP contribution in [0.15, 0.2) is 57.1 Å². The second-order valence-corrected chi connectivity index (χ2v) is 10.4. The van der Waals surface area contributed by atoms with Gasteiger partial charge in [0.05, 0.1) is 6.04 Å². The minimum Gasteiger partial charge on any atom is -0.465 e. The van der Waals surface area contributed by atoms with E-state index in [2.05, 4.69) is 25.5 Å². The number of likely N-dealkylation sites (tertiary alicyclic amines) is 1. The molecule has 0 spiro atoms. The molecule has 38 heavy (non-hydrogen) atoms. The number of carbonyl (C=O) groups excluding carboxylic acids is 1. The van der Waals surface area contributed by atoms with Gasteiger partial charge in [0.15, 0.2) is 0 Å². The minimum absolute atomic E-state index is 0.0232. The number of rotatable bonds is 7. The lowest BCUT2D eigenvalue weighted by Gasteiger charge is -2.25. The quantitative estimate of drug-likeness (QED) is 0.323. The van der Waals surface area contributed by atoms with Gasteiger partial charge in [-0.15, -0.1) is 21.5 Å². The number of aromatic amines is 1. The van der Waals surface area contributed by atoms with Crippen LogP contribution < -0.4 is 10.9 Å². The molecule has 0 aliphatic carbocycles. The van der Waals surface area contributed by atoms with Crippen molar-refractivity contribution in [3.05, 3.63) is 85.9 Å². The molecule has 0 saturated carbocycles. The highest BCUT2D eigenvalue weighted by Gasteiger charge is 2.36. The molecular weight excluding hydrogens is 508 g/mol. The predicted molar refractivity (Wildman–Crippen MR) is 139 cm³/mol. The highest BCUT2D eigenvalue weighted by Crippen LogP contribution is 2.35. The van der Waals surface area contributed by atoms with Crippen molar-refractivity contribution >= 4 is 23.3 Å². The zero-order valence-electron chi connectivity index (χ0n) is 20.8. The van der Waals surface area contributed by atoms with Crippen LogP contribution in [-0.4, -0.2) is 48.7 Å². The molecule has 3 aromatic heterocycles. The number of amides is 2. The molecule has 0 radical (unpaired) electrons. The third-order valence-corrected chi connectivity index (χ3v) is 7.50. The normalized spacial score (nSPS) is 16.8. The van der Waals surface area contributed by atoms with E-state index in [1.54, 1.807) is 11.8 Å². The summed E-state index contributed by atoms with van der Waals surface area (Å²) in [5.41, 5.74) is 0.395. The van der Waals surface area contributed by atoms with Crippen LogP contribution in [0.5, 0.6) is 0 Å². The van der Waals surface area contributed by atoms with Crippen molar-refractivity contribution in [3.63, 3.8) is 0 Å². The number of thiazole rings is 1. The highest BCUT2D eigenvalue weighted by atomic mass is 32.1. The molecule has 4 aromatic rings. The average molecular weight is 535 g/mol. The average Bonchev–Trinajstić information content (AvgIpc) is 3.64. The summed E-state index contributed by atoms with van der Waals surface area (Å²) in [7, 11) is 0. The second kappa shape index (κ2) is 10.2. The van der Waals surface area contributed by atoms with Gasteiger partial charge in [-0.3, -0.25) is 9.59 Å². The summed E-state index contributed by atoms with van der Waals surface area (Å²) >= 11 is 1.52. The summed E-state index contributed by atoms with van der Waals surface area (Å²) in [6.45, 7) is 4.12. The van der Waals surface area contributed by atoms with Crippen molar-refractivity contribution in [1.29, 1.82) is 0 Å². The van der Waals surface area contributed by atoms with Gasteiger partial charge in [-0.1, -0.05) is 30.3 Å². The monoisotopic (exact) mass is 534 g/mol. The summed E-state index contributed by atoms with van der Waals surface area (Å²) in [5, 5.41) is 22.9. The number of benzene rings is 1. The van der Waals surface area contributed by atoms with Crippen LogP contribution in [0.3, 0.4) is 0 Å². The third kappa shape index (κ3) is 5.21. The number of aryl methyl sites for hydroxylation is 1. The molecule has 11 nitrogen and oxygen atoms in total. The van der Waals surface area contributed by atoms with E-state index < -0.39 is 17.2 Å². The van der Waals surface area contributed by atoms with Crippen LogP contribution in [-0.2, 0) is 12.0 Å². The Morgan fingerprint density at radius 3 is 2.76 bits per heavy atom. The van der Waals surface area contributed by atoms with Crippen LogP contribution in [0, 0.1) is 6.92 Å². The lowest BCUT2D eigenvalue weighted by atomic mass is 9.93. The molecule has 5 rings (SSSR count). The van der Waals surface area contributed by atoms with Crippen LogP contribution >= 0.6 is 11.3 Å². The van der Waals surface area contributed by atoms with Crippen molar-refractivity contribution in [3.8, 4) is 11.6 Å². The number of carboxylic acid groups (broad SMARTS) is 1. The highest BCUT2D eigenvalue weighted by molar-refractivity contribution is 7.09. The van der Waals surface area contributed by atoms with Crippen LogP contribution in [0.4, 0.5) is 4.79 Å². The first-order chi connectivity index (χ1) is 18.2. The molecule has 1 aromatic carbocycles. The van der Waals surface area contributed by atoms with E-state index in [0.717, 1.165) is 29.1 Å². The number of carbonyl (C=O) groups is 2. The number of hydrogen-bond acceptors (Lipinski definition) is 8. The van der Waals surface area contributed by atoms with Crippen molar-refractivity contribution in [2.45, 2.75) is 44.7 Å². The molecule has 12 heteroatoms. The van der Waals surface area contributed by atoms with Gasteiger partial charge in [0, 0.05) is 35.7 Å². The second-order valence-electron chi connectivity index (χ2n) is 9.47. The van der Waals surface area contributed by atoms with Crippen molar-refractivity contribution < 1.29 is 19.1 Å². The first kappa shape index (κ1) is 25.3. The Bertz CT molecular complexity index is 1530. The molecule has 196 valence electrons. The molecule has 2 atom stereocenters. The van der Waals surface area contributed by atoms with Gasteiger partial charge < -0.3 is 24.7 Å². The summed E-state index contributed by atoms with van der Waals surface area (Å²) in [6, 6.07) is 11.9. The van der Waals surface area contributed by atoms with E-state index in [1.807, 2.05) is 42.6 Å². The molecule has 0 bridgehead atoms. The zero-order chi connectivity index (χ0) is 26.9. The van der Waals surface area contributed by atoms with E-state index in [4.69, 9.17) is 4.42 Å². The Morgan fingerprint density at radius 1 is 1.26 bits per heavy atom. The van der Waals surface area contributed by atoms with Crippen LogP contribution in [0.1, 0.15) is 58.3 Å². The number of H-pyrrole nitrogens is 1. The first-order valence-electron chi connectivity index (χ1n) is 12.1. The Labute approximate surface area is 221 Å². The van der Waals surface area contributed by atoms with Crippen molar-refractivity contribution in [1.82, 2.24) is 30.4 Å². The third-order valence-electron chi connectivity index (χ3n) is 6.44. The number of hydrogen-bond donors (Lipinski definition) is 3. The fraction of sp³-hybridized carbons (Fsp3) is 0.308. The molecule has 2 amide bonds. The number of nitrogens with one attached hydrogen (secondary N) is 2. The molecular formula is C26H26N6O5S. The molecule has 0 unspecified atom stereocenters. The van der Waals surface area contributed by atoms with Gasteiger partial charge in [-0.05, 0) is 38.3 Å². The zero-order valence-corrected chi connectivity index (χ0v) is 21.6. The van der Waals surface area contributed by atoms with E-state index in [-0.39, 0.29) is 41.4 Å². The lowest BCUT2D eigenvalue weighted by Crippen LogP contribution is -2.44. The SMILES string of the molecule is Cc1csc([C@H]2CCCN2C(=O)c2cc(-c3nnc([C@@](C)(Cc4ccccc4)NC(=O)O)o3)[nH]c(=O)c2)n1. The maximum absolute atomic E-state index is 13.5. The predicted octanol–water partition coefficient (Wildman–Crippen LogP) is 3.89. The van der Waals surface area contributed by atoms with Gasteiger partial charge in [0.25, 0.3) is 11.8 Å². The molecule has 1 fully saturated rings. The molecule has 1 aliphatic rings. The minimum atomic E-state index is -1.25. The largest absolute Gasteiger partial charge is 0.465 e. The summed E-state index contributed by atoms with van der Waals surface area (Å²) < 4.78 is 5.86. The molecule has 1 aliphatic heterocycles. The van der Waals surface area contributed by atoms with Crippen molar-refractivity contribution in [2.24, 2.45) is 0 Å². The summed E-state index contributed by atoms with van der Waals surface area (Å²) in [6.07, 6.45) is 0.649. The van der Waals surface area contributed by atoms with Gasteiger partial charge in [-0.2, -0.15) is 0 Å². The van der Waals surface area contributed by atoms with Crippen LogP contribution in [0.25, 0.3) is 11.6 Å². The van der Waals surface area contributed by atoms with E-state index in [0.29, 0.717) is 6.54 Å². The Balaban J connectivity index is 1.44. The maximum atomic E-state index is 13.5. The summed E-state index contributed by atoms with van der Waals surface area (Å²) in [4.78, 5) is 46.5. The maximum Gasteiger partial charge on any atom is 0.405 e. The Morgan fingerprint density at radius 2 is 2.05 bits per heavy atom. The fourth-order valence-corrected chi connectivity index (χ4v) is 5.65.